The number of hydrogen-bond acceptors (Lipinski definition) is 3. The minimum Gasteiger partial charge on any atom is -0.321 e. The lowest BCUT2D eigenvalue weighted by molar-refractivity contribution is -0.112. The van der Waals surface area contributed by atoms with Crippen LogP contribution in [0.5, 0.6) is 0 Å². The van der Waals surface area contributed by atoms with Gasteiger partial charge in [-0.2, -0.15) is 5.26 Å². The predicted molar refractivity (Wildman–Crippen MR) is 95.4 cm³/mol. The molecule has 0 atom stereocenters. The highest BCUT2D eigenvalue weighted by Gasteiger charge is 2.11. The van der Waals surface area contributed by atoms with Crippen LogP contribution in [0, 0.1) is 17.1 Å². The van der Waals surface area contributed by atoms with Gasteiger partial charge >= 0.3 is 0 Å². The lowest BCUT2D eigenvalue weighted by Gasteiger charge is -2.05. The van der Waals surface area contributed by atoms with E-state index in [1.165, 1.54) is 18.2 Å². The van der Waals surface area contributed by atoms with Crippen molar-refractivity contribution >= 4 is 40.2 Å². The molecule has 0 spiro atoms. The van der Waals surface area contributed by atoms with Crippen molar-refractivity contribution in [3.8, 4) is 6.07 Å². The normalized spacial score (nSPS) is 11.2. The summed E-state index contributed by atoms with van der Waals surface area (Å²) in [5.41, 5.74) is 1.75. The first kappa shape index (κ1) is 16.6. The summed E-state index contributed by atoms with van der Waals surface area (Å²) in [5, 5.41) is 12.6. The van der Waals surface area contributed by atoms with Crippen molar-refractivity contribution in [1.82, 2.24) is 4.98 Å². The summed E-state index contributed by atoms with van der Waals surface area (Å²) in [6.45, 7) is 0. The number of nitrogens with zero attached hydrogens (tertiary/aromatic N) is 2. The molecule has 4 nitrogen and oxygen atoms in total. The van der Waals surface area contributed by atoms with E-state index in [-0.39, 0.29) is 10.6 Å². The minimum atomic E-state index is -0.601. The van der Waals surface area contributed by atoms with Crippen LogP contribution in [-0.2, 0) is 4.79 Å². The van der Waals surface area contributed by atoms with Crippen LogP contribution < -0.4 is 5.32 Å². The maximum absolute atomic E-state index is 13.2. The van der Waals surface area contributed by atoms with Crippen molar-refractivity contribution in [2.75, 3.05) is 5.32 Å². The fraction of sp³-hybridized carbons (Fsp3) is 0. The van der Waals surface area contributed by atoms with Crippen molar-refractivity contribution in [3.05, 3.63) is 76.7 Å². The van der Waals surface area contributed by atoms with E-state index in [9.17, 15) is 14.4 Å². The molecule has 0 unspecified atom stereocenters. The van der Waals surface area contributed by atoms with E-state index in [1.54, 1.807) is 12.3 Å². The Bertz CT molecular complexity index is 1040. The van der Waals surface area contributed by atoms with E-state index in [0.717, 1.165) is 17.0 Å². The molecule has 2 aromatic carbocycles. The maximum Gasteiger partial charge on any atom is 0.266 e. The van der Waals surface area contributed by atoms with Crippen LogP contribution in [-0.4, -0.2) is 10.9 Å². The van der Waals surface area contributed by atoms with Crippen LogP contribution in [0.15, 0.2) is 60.3 Å². The number of carbonyl (C=O) groups is 1. The highest BCUT2D eigenvalue weighted by Crippen LogP contribution is 2.20. The SMILES string of the molecule is N#C/C(=C/c1ccc2ncccc2c1)C(=O)Nc1ccc(F)c(Cl)c1. The van der Waals surface area contributed by atoms with Gasteiger partial charge < -0.3 is 5.32 Å². The minimum absolute atomic E-state index is 0.0799. The molecule has 1 N–H and O–H groups in total. The third-order valence-corrected chi connectivity index (χ3v) is 3.77. The monoisotopic (exact) mass is 351 g/mol. The van der Waals surface area contributed by atoms with Crippen LogP contribution in [0.1, 0.15) is 5.56 Å². The van der Waals surface area contributed by atoms with Gasteiger partial charge in [-0.1, -0.05) is 23.7 Å². The van der Waals surface area contributed by atoms with Crippen LogP contribution in [0.3, 0.4) is 0 Å². The molecule has 0 aliphatic rings. The second kappa shape index (κ2) is 7.12. The number of benzene rings is 2. The maximum atomic E-state index is 13.2. The standard InChI is InChI=1S/C19H11ClFN3O/c20-16-10-15(4-5-17(16)21)24-19(25)14(11-22)9-12-3-6-18-13(8-12)2-1-7-23-18/h1-10H,(H,24,25)/b14-9-. The molecule has 0 saturated heterocycles. The van der Waals surface area contributed by atoms with Gasteiger partial charge in [0.2, 0.25) is 0 Å². The van der Waals surface area contributed by atoms with Gasteiger partial charge in [0, 0.05) is 17.3 Å². The molecular formula is C19H11ClFN3O. The Balaban J connectivity index is 1.86. The molecule has 3 aromatic rings. The third-order valence-electron chi connectivity index (χ3n) is 3.48. The van der Waals surface area contributed by atoms with E-state index < -0.39 is 11.7 Å². The van der Waals surface area contributed by atoms with Gasteiger partial charge in [-0.15, -0.1) is 0 Å². The van der Waals surface area contributed by atoms with Crippen molar-refractivity contribution in [2.24, 2.45) is 0 Å². The summed E-state index contributed by atoms with van der Waals surface area (Å²) in [4.78, 5) is 16.5. The first-order chi connectivity index (χ1) is 12.1. The molecule has 0 bridgehead atoms. The Hall–Kier alpha value is -3.23. The van der Waals surface area contributed by atoms with Gasteiger partial charge in [0.15, 0.2) is 0 Å². The quantitative estimate of drug-likeness (QED) is 0.555. The van der Waals surface area contributed by atoms with Gasteiger partial charge in [0.05, 0.1) is 10.5 Å². The Morgan fingerprint density at radius 2 is 2.08 bits per heavy atom. The van der Waals surface area contributed by atoms with E-state index in [0.29, 0.717) is 11.3 Å². The molecule has 6 heteroatoms. The molecule has 1 aromatic heterocycles. The number of pyridine rings is 1. The molecule has 0 aliphatic carbocycles. The van der Waals surface area contributed by atoms with Crippen molar-refractivity contribution in [1.29, 1.82) is 5.26 Å². The third kappa shape index (κ3) is 3.82. The molecule has 3 rings (SSSR count). The summed E-state index contributed by atoms with van der Waals surface area (Å²) in [6, 6.07) is 14.8. The fourth-order valence-electron chi connectivity index (χ4n) is 2.27. The van der Waals surface area contributed by atoms with Gasteiger partial charge in [-0.05, 0) is 48.0 Å². The number of aromatic nitrogens is 1. The van der Waals surface area contributed by atoms with Crippen LogP contribution in [0.4, 0.5) is 10.1 Å². The number of anilines is 1. The average Bonchev–Trinajstić information content (AvgIpc) is 2.62. The Labute approximate surface area is 148 Å². The summed E-state index contributed by atoms with van der Waals surface area (Å²) in [7, 11) is 0. The zero-order valence-electron chi connectivity index (χ0n) is 12.8. The zero-order chi connectivity index (χ0) is 17.8. The van der Waals surface area contributed by atoms with E-state index in [4.69, 9.17) is 11.6 Å². The number of halogens is 2. The first-order valence-corrected chi connectivity index (χ1v) is 7.67. The first-order valence-electron chi connectivity index (χ1n) is 7.30. The molecule has 25 heavy (non-hydrogen) atoms. The topological polar surface area (TPSA) is 65.8 Å². The number of amides is 1. The van der Waals surface area contributed by atoms with E-state index in [1.807, 2.05) is 30.3 Å². The summed E-state index contributed by atoms with van der Waals surface area (Å²) in [6.07, 6.45) is 3.17. The lowest BCUT2D eigenvalue weighted by atomic mass is 10.1. The van der Waals surface area contributed by atoms with Crippen molar-refractivity contribution < 1.29 is 9.18 Å². The van der Waals surface area contributed by atoms with Crippen molar-refractivity contribution in [2.45, 2.75) is 0 Å². The summed E-state index contributed by atoms with van der Waals surface area (Å²) < 4.78 is 13.2. The van der Waals surface area contributed by atoms with Gasteiger partial charge in [0.1, 0.15) is 17.5 Å². The second-order valence-electron chi connectivity index (χ2n) is 5.21. The Kier molecular flexibility index (Phi) is 4.73. The number of nitriles is 1. The fourth-order valence-corrected chi connectivity index (χ4v) is 2.45. The van der Waals surface area contributed by atoms with Gasteiger partial charge in [-0.3, -0.25) is 9.78 Å². The molecule has 0 saturated carbocycles. The lowest BCUT2D eigenvalue weighted by Crippen LogP contribution is -2.13. The molecule has 122 valence electrons. The molecule has 0 aliphatic heterocycles. The second-order valence-corrected chi connectivity index (χ2v) is 5.62. The predicted octanol–water partition coefficient (Wildman–Crippen LogP) is 4.57. The Morgan fingerprint density at radius 3 is 2.84 bits per heavy atom. The zero-order valence-corrected chi connectivity index (χ0v) is 13.6. The molecule has 1 amide bonds. The van der Waals surface area contributed by atoms with Crippen LogP contribution in [0.25, 0.3) is 17.0 Å². The Morgan fingerprint density at radius 1 is 1.24 bits per heavy atom. The van der Waals surface area contributed by atoms with Crippen LogP contribution in [0.2, 0.25) is 5.02 Å². The highest BCUT2D eigenvalue weighted by molar-refractivity contribution is 6.31. The van der Waals surface area contributed by atoms with Crippen molar-refractivity contribution in [3.63, 3.8) is 0 Å². The summed E-state index contributed by atoms with van der Waals surface area (Å²) in [5.74, 6) is -1.18. The number of hydrogen-bond donors (Lipinski definition) is 1. The van der Waals surface area contributed by atoms with Gasteiger partial charge in [0.25, 0.3) is 5.91 Å². The largest absolute Gasteiger partial charge is 0.321 e. The number of carbonyl (C=O) groups excluding carboxylic acids is 1. The smallest absolute Gasteiger partial charge is 0.266 e. The molecular weight excluding hydrogens is 341 g/mol. The molecule has 0 radical (unpaired) electrons. The average molecular weight is 352 g/mol. The van der Waals surface area contributed by atoms with E-state index >= 15 is 0 Å². The number of fused-ring (bicyclic) bond motifs is 1. The highest BCUT2D eigenvalue weighted by atomic mass is 35.5. The molecule has 1 heterocycles. The molecule has 0 fully saturated rings. The summed E-state index contributed by atoms with van der Waals surface area (Å²) >= 11 is 5.68. The number of nitrogens with one attached hydrogen (secondary N) is 1. The van der Waals surface area contributed by atoms with Gasteiger partial charge in [-0.25, -0.2) is 4.39 Å². The van der Waals surface area contributed by atoms with E-state index in [2.05, 4.69) is 10.3 Å². The number of rotatable bonds is 3. The van der Waals surface area contributed by atoms with Crippen LogP contribution >= 0.6 is 11.6 Å².